The zero-order valence-electron chi connectivity index (χ0n) is 14.9. The van der Waals surface area contributed by atoms with Gasteiger partial charge in [-0.2, -0.15) is 5.10 Å². The van der Waals surface area contributed by atoms with Gasteiger partial charge in [0.25, 0.3) is 5.91 Å². The summed E-state index contributed by atoms with van der Waals surface area (Å²) >= 11 is 0. The molecule has 2 heterocycles. The number of fused-ring (bicyclic) bond motifs is 1. The number of para-hydroxylation sites is 1. The zero-order chi connectivity index (χ0) is 17.9. The third-order valence-corrected chi connectivity index (χ3v) is 4.84. The highest BCUT2D eigenvalue weighted by Gasteiger charge is 2.24. The Morgan fingerprint density at radius 3 is 2.73 bits per heavy atom. The van der Waals surface area contributed by atoms with Gasteiger partial charge in [0.15, 0.2) is 0 Å². The molecule has 1 aliphatic heterocycles. The van der Waals surface area contributed by atoms with Gasteiger partial charge >= 0.3 is 0 Å². The minimum absolute atomic E-state index is 0.0607. The Morgan fingerprint density at radius 1 is 1.12 bits per heavy atom. The number of amides is 1. The van der Waals surface area contributed by atoms with E-state index in [2.05, 4.69) is 23.4 Å². The largest absolute Gasteiger partial charge is 0.379 e. The molecule has 0 aliphatic carbocycles. The molecule has 26 heavy (non-hydrogen) atoms. The number of nitrogens with zero attached hydrogens (tertiary/aromatic N) is 3. The van der Waals surface area contributed by atoms with Gasteiger partial charge in [0, 0.05) is 36.2 Å². The Labute approximate surface area is 153 Å². The van der Waals surface area contributed by atoms with Crippen LogP contribution >= 0.6 is 0 Å². The molecule has 132 valence electrons. The monoisotopic (exact) mass is 346 g/mol. The van der Waals surface area contributed by atoms with Crippen molar-refractivity contribution in [2.75, 3.05) is 16.8 Å². The van der Waals surface area contributed by atoms with Crippen molar-refractivity contribution >= 4 is 17.3 Å². The fraction of sp³-hybridized carbons (Fsp3) is 0.238. The minimum atomic E-state index is 0.0607. The highest BCUT2D eigenvalue weighted by Crippen LogP contribution is 2.29. The van der Waals surface area contributed by atoms with Crippen LogP contribution in [-0.4, -0.2) is 22.2 Å². The molecule has 1 amide bonds. The molecule has 5 nitrogen and oxygen atoms in total. The lowest BCUT2D eigenvalue weighted by Crippen LogP contribution is -2.28. The first kappa shape index (κ1) is 16.4. The Balaban J connectivity index is 1.44. The summed E-state index contributed by atoms with van der Waals surface area (Å²) in [5.74, 6) is 0.0607. The van der Waals surface area contributed by atoms with Gasteiger partial charge in [0.05, 0.1) is 12.2 Å². The second-order valence-corrected chi connectivity index (χ2v) is 6.40. The van der Waals surface area contributed by atoms with E-state index in [1.807, 2.05) is 64.3 Å². The number of benzene rings is 2. The van der Waals surface area contributed by atoms with E-state index in [1.165, 1.54) is 5.56 Å². The van der Waals surface area contributed by atoms with Crippen LogP contribution in [0.3, 0.4) is 0 Å². The second-order valence-electron chi connectivity index (χ2n) is 6.40. The highest BCUT2D eigenvalue weighted by atomic mass is 16.2. The van der Waals surface area contributed by atoms with Gasteiger partial charge < -0.3 is 10.2 Å². The highest BCUT2D eigenvalue weighted by molar-refractivity contribution is 6.07. The maximum atomic E-state index is 12.8. The number of aryl methyl sites for hydroxylation is 1. The number of carbonyl (C=O) groups is 1. The molecule has 2 aromatic carbocycles. The molecule has 4 rings (SSSR count). The van der Waals surface area contributed by atoms with Crippen molar-refractivity contribution in [3.8, 4) is 0 Å². The van der Waals surface area contributed by atoms with Crippen LogP contribution in [0.4, 0.5) is 11.4 Å². The van der Waals surface area contributed by atoms with E-state index in [-0.39, 0.29) is 5.91 Å². The minimum Gasteiger partial charge on any atom is -0.379 e. The molecule has 0 saturated heterocycles. The molecule has 0 saturated carbocycles. The van der Waals surface area contributed by atoms with Gasteiger partial charge in [-0.3, -0.25) is 9.48 Å². The Kier molecular flexibility index (Phi) is 4.44. The summed E-state index contributed by atoms with van der Waals surface area (Å²) in [5.41, 5.74) is 5.12. The third kappa shape index (κ3) is 3.08. The first-order valence-corrected chi connectivity index (χ1v) is 9.00. The molecule has 0 radical (unpaired) electrons. The van der Waals surface area contributed by atoms with E-state index in [1.54, 1.807) is 0 Å². The molecule has 5 heteroatoms. The molecule has 1 aliphatic rings. The zero-order valence-corrected chi connectivity index (χ0v) is 14.9. The Hall–Kier alpha value is -3.08. The molecule has 0 fully saturated rings. The fourth-order valence-corrected chi connectivity index (χ4v) is 3.42. The second kappa shape index (κ2) is 7.04. The van der Waals surface area contributed by atoms with Gasteiger partial charge in [-0.25, -0.2) is 0 Å². The molecule has 0 unspecified atom stereocenters. The number of rotatable bonds is 5. The van der Waals surface area contributed by atoms with E-state index >= 15 is 0 Å². The summed E-state index contributed by atoms with van der Waals surface area (Å²) in [6, 6.07) is 17.8. The van der Waals surface area contributed by atoms with E-state index in [9.17, 15) is 4.79 Å². The first-order valence-electron chi connectivity index (χ1n) is 9.00. The lowest BCUT2D eigenvalue weighted by atomic mass is 10.1. The van der Waals surface area contributed by atoms with Crippen molar-refractivity contribution in [2.45, 2.75) is 26.4 Å². The maximum Gasteiger partial charge on any atom is 0.258 e. The number of hydrogen-bond donors (Lipinski definition) is 1. The number of carbonyl (C=O) groups excluding carboxylic acids is 1. The average molecular weight is 346 g/mol. The summed E-state index contributed by atoms with van der Waals surface area (Å²) in [5, 5.41) is 7.66. The lowest BCUT2D eigenvalue weighted by Gasteiger charge is -2.17. The summed E-state index contributed by atoms with van der Waals surface area (Å²) in [6.07, 6.45) is 2.74. The van der Waals surface area contributed by atoms with E-state index in [0.29, 0.717) is 12.1 Å². The van der Waals surface area contributed by atoms with Crippen LogP contribution in [0.25, 0.3) is 0 Å². The van der Waals surface area contributed by atoms with Crippen molar-refractivity contribution in [1.29, 1.82) is 0 Å². The van der Waals surface area contributed by atoms with E-state index in [4.69, 9.17) is 0 Å². The topological polar surface area (TPSA) is 50.2 Å². The van der Waals surface area contributed by atoms with Crippen LogP contribution in [0.2, 0.25) is 0 Å². The van der Waals surface area contributed by atoms with Gasteiger partial charge in [-0.15, -0.1) is 0 Å². The maximum absolute atomic E-state index is 12.8. The molecule has 1 N–H and O–H groups in total. The quantitative estimate of drug-likeness (QED) is 0.766. The van der Waals surface area contributed by atoms with E-state index in [0.717, 1.165) is 36.6 Å². The van der Waals surface area contributed by atoms with Crippen LogP contribution in [0.15, 0.2) is 60.8 Å². The molecule has 0 bridgehead atoms. The number of hydrogen-bond acceptors (Lipinski definition) is 3. The molecule has 1 aromatic heterocycles. The summed E-state index contributed by atoms with van der Waals surface area (Å²) < 4.78 is 1.97. The van der Waals surface area contributed by atoms with Crippen LogP contribution in [0, 0.1) is 0 Å². The molecule has 3 aromatic rings. The summed E-state index contributed by atoms with van der Waals surface area (Å²) in [6.45, 7) is 4.39. The number of anilines is 2. The Bertz CT molecular complexity index is 914. The molecular formula is C21H22N4O. The predicted molar refractivity (Wildman–Crippen MR) is 103 cm³/mol. The SMILES string of the molecule is CCn1nccc1CNc1ccc(C(=O)N2CCc3ccccc32)cc1. The molecule has 0 atom stereocenters. The Morgan fingerprint density at radius 2 is 1.92 bits per heavy atom. The van der Waals surface area contributed by atoms with Crippen molar-refractivity contribution in [3.05, 3.63) is 77.6 Å². The lowest BCUT2D eigenvalue weighted by molar-refractivity contribution is 0.0989. The van der Waals surface area contributed by atoms with E-state index < -0.39 is 0 Å². The van der Waals surface area contributed by atoms with Gasteiger partial charge in [0.1, 0.15) is 0 Å². The van der Waals surface area contributed by atoms with Gasteiger partial charge in [-0.05, 0) is 55.3 Å². The van der Waals surface area contributed by atoms with Crippen LogP contribution in [0.5, 0.6) is 0 Å². The summed E-state index contributed by atoms with van der Waals surface area (Å²) in [4.78, 5) is 14.7. The predicted octanol–water partition coefficient (Wildman–Crippen LogP) is 3.72. The standard InChI is InChI=1S/C21H22N4O/c1-2-25-19(11-13-23-25)15-22-18-9-7-17(8-10-18)21(26)24-14-12-16-5-3-4-6-20(16)24/h3-11,13,22H,2,12,14-15H2,1H3. The number of aromatic nitrogens is 2. The van der Waals surface area contributed by atoms with Crippen LogP contribution in [-0.2, 0) is 19.5 Å². The average Bonchev–Trinajstić information content (AvgIpc) is 3.32. The molecule has 0 spiro atoms. The fourth-order valence-electron chi connectivity index (χ4n) is 3.42. The smallest absolute Gasteiger partial charge is 0.258 e. The summed E-state index contributed by atoms with van der Waals surface area (Å²) in [7, 11) is 0. The third-order valence-electron chi connectivity index (χ3n) is 4.84. The van der Waals surface area contributed by atoms with Crippen LogP contribution < -0.4 is 10.2 Å². The van der Waals surface area contributed by atoms with Gasteiger partial charge in [0.2, 0.25) is 0 Å². The first-order chi connectivity index (χ1) is 12.8. The number of nitrogens with one attached hydrogen (secondary N) is 1. The van der Waals surface area contributed by atoms with Gasteiger partial charge in [-0.1, -0.05) is 18.2 Å². The molecular weight excluding hydrogens is 324 g/mol. The van der Waals surface area contributed by atoms with Crippen LogP contribution in [0.1, 0.15) is 28.5 Å². The van der Waals surface area contributed by atoms with Crippen molar-refractivity contribution in [2.24, 2.45) is 0 Å². The normalized spacial score (nSPS) is 12.9. The van der Waals surface area contributed by atoms with Crippen molar-refractivity contribution < 1.29 is 4.79 Å². The van der Waals surface area contributed by atoms with Crippen molar-refractivity contribution in [1.82, 2.24) is 9.78 Å². The van der Waals surface area contributed by atoms with Crippen molar-refractivity contribution in [3.63, 3.8) is 0 Å².